The first-order chi connectivity index (χ1) is 8.60. The highest BCUT2D eigenvalue weighted by molar-refractivity contribution is 5.73. The molecule has 0 saturated carbocycles. The molecule has 0 aromatic carbocycles. The number of alkyl carbamates (subject to hydrolysis) is 1. The summed E-state index contributed by atoms with van der Waals surface area (Å²) in [7, 11) is 2.68. The number of methoxy groups -OCH3 is 2. The molecule has 0 bridgehead atoms. The van der Waals surface area contributed by atoms with Crippen LogP contribution < -0.4 is 11.1 Å². The van der Waals surface area contributed by atoms with Crippen molar-refractivity contribution in [3.8, 4) is 0 Å². The number of hydrogen-bond acceptors (Lipinski definition) is 6. The van der Waals surface area contributed by atoms with Crippen molar-refractivity contribution in [2.75, 3.05) is 40.4 Å². The number of esters is 1. The Morgan fingerprint density at radius 1 is 1.33 bits per heavy atom. The molecule has 1 fully saturated rings. The monoisotopic (exact) mass is 259 g/mol. The number of amides is 1. The summed E-state index contributed by atoms with van der Waals surface area (Å²) in [6.07, 6.45) is 0.0706. The zero-order valence-corrected chi connectivity index (χ0v) is 10.8. The van der Waals surface area contributed by atoms with Crippen molar-refractivity contribution in [1.82, 2.24) is 10.2 Å². The summed E-state index contributed by atoms with van der Waals surface area (Å²) >= 11 is 0. The topological polar surface area (TPSA) is 93.9 Å². The van der Waals surface area contributed by atoms with E-state index < -0.39 is 6.09 Å². The molecular formula is C11H21N3O4. The van der Waals surface area contributed by atoms with E-state index in [4.69, 9.17) is 10.5 Å². The number of nitrogens with one attached hydrogen (secondary N) is 1. The van der Waals surface area contributed by atoms with E-state index in [1.807, 2.05) is 4.90 Å². The smallest absolute Gasteiger partial charge is 0.407 e. The van der Waals surface area contributed by atoms with E-state index in [1.54, 1.807) is 0 Å². The van der Waals surface area contributed by atoms with Crippen molar-refractivity contribution >= 4 is 12.1 Å². The Kier molecular flexibility index (Phi) is 5.87. The zero-order valence-electron chi connectivity index (χ0n) is 10.8. The lowest BCUT2D eigenvalue weighted by Crippen LogP contribution is -2.53. The average Bonchev–Trinajstić information content (AvgIpc) is 2.37. The van der Waals surface area contributed by atoms with E-state index in [9.17, 15) is 9.59 Å². The number of rotatable bonds is 4. The molecule has 1 aliphatic heterocycles. The maximum atomic E-state index is 11.6. The Balaban J connectivity index is 2.61. The van der Waals surface area contributed by atoms with Crippen LogP contribution >= 0.6 is 0 Å². The fraction of sp³-hybridized carbons (Fsp3) is 0.818. The Morgan fingerprint density at radius 3 is 2.61 bits per heavy atom. The SMILES string of the molecule is COC(=O)NC1CC(C(=O)OC)CN(CCN)C1. The van der Waals surface area contributed by atoms with Gasteiger partial charge in [0, 0.05) is 32.2 Å². The molecule has 104 valence electrons. The van der Waals surface area contributed by atoms with Gasteiger partial charge in [-0.2, -0.15) is 0 Å². The summed E-state index contributed by atoms with van der Waals surface area (Å²) in [6, 6.07) is -0.123. The third-order valence-corrected chi connectivity index (χ3v) is 3.01. The molecule has 1 saturated heterocycles. The number of piperidine rings is 1. The summed E-state index contributed by atoms with van der Waals surface area (Å²) in [6.45, 7) is 2.48. The second-order valence-corrected chi connectivity index (χ2v) is 4.34. The van der Waals surface area contributed by atoms with Gasteiger partial charge in [0.15, 0.2) is 0 Å². The fourth-order valence-electron chi connectivity index (χ4n) is 2.22. The lowest BCUT2D eigenvalue weighted by atomic mass is 9.94. The Labute approximate surface area is 107 Å². The predicted molar refractivity (Wildman–Crippen MR) is 64.9 cm³/mol. The molecular weight excluding hydrogens is 238 g/mol. The van der Waals surface area contributed by atoms with Crippen molar-refractivity contribution in [1.29, 1.82) is 0 Å². The van der Waals surface area contributed by atoms with E-state index in [0.29, 0.717) is 32.6 Å². The predicted octanol–water partition coefficient (Wildman–Crippen LogP) is -0.835. The van der Waals surface area contributed by atoms with Gasteiger partial charge in [0.2, 0.25) is 0 Å². The van der Waals surface area contributed by atoms with Crippen molar-refractivity contribution in [3.05, 3.63) is 0 Å². The highest BCUT2D eigenvalue weighted by Crippen LogP contribution is 2.18. The van der Waals surface area contributed by atoms with Gasteiger partial charge < -0.3 is 20.5 Å². The maximum absolute atomic E-state index is 11.6. The largest absolute Gasteiger partial charge is 0.469 e. The molecule has 3 N–H and O–H groups in total. The molecule has 1 aliphatic rings. The van der Waals surface area contributed by atoms with Gasteiger partial charge in [-0.25, -0.2) is 4.79 Å². The molecule has 1 heterocycles. The summed E-state index contributed by atoms with van der Waals surface area (Å²) in [5, 5.41) is 2.71. The van der Waals surface area contributed by atoms with Gasteiger partial charge in [0.1, 0.15) is 0 Å². The average molecular weight is 259 g/mol. The van der Waals surface area contributed by atoms with Crippen molar-refractivity contribution in [3.63, 3.8) is 0 Å². The third-order valence-electron chi connectivity index (χ3n) is 3.01. The van der Waals surface area contributed by atoms with E-state index in [-0.39, 0.29) is 17.9 Å². The normalized spacial score (nSPS) is 24.4. The molecule has 2 atom stereocenters. The van der Waals surface area contributed by atoms with Crippen LogP contribution in [-0.4, -0.2) is 63.4 Å². The van der Waals surface area contributed by atoms with Gasteiger partial charge in [-0.1, -0.05) is 0 Å². The van der Waals surface area contributed by atoms with E-state index in [1.165, 1.54) is 14.2 Å². The molecule has 0 spiro atoms. The van der Waals surface area contributed by atoms with Gasteiger partial charge in [0.25, 0.3) is 0 Å². The van der Waals surface area contributed by atoms with Gasteiger partial charge in [-0.05, 0) is 6.42 Å². The fourth-order valence-corrected chi connectivity index (χ4v) is 2.22. The van der Waals surface area contributed by atoms with Crippen LogP contribution in [0.15, 0.2) is 0 Å². The molecule has 0 aromatic rings. The lowest BCUT2D eigenvalue weighted by Gasteiger charge is -2.36. The number of carbonyl (C=O) groups is 2. The van der Waals surface area contributed by atoms with Crippen LogP contribution in [0.2, 0.25) is 0 Å². The second-order valence-electron chi connectivity index (χ2n) is 4.34. The third kappa shape index (κ3) is 4.15. The van der Waals surface area contributed by atoms with E-state index in [2.05, 4.69) is 10.1 Å². The molecule has 0 aliphatic carbocycles. The molecule has 7 nitrogen and oxygen atoms in total. The molecule has 1 amide bonds. The first-order valence-electron chi connectivity index (χ1n) is 5.95. The number of nitrogens with zero attached hydrogens (tertiary/aromatic N) is 1. The van der Waals surface area contributed by atoms with Gasteiger partial charge in [-0.3, -0.25) is 9.69 Å². The lowest BCUT2D eigenvalue weighted by molar-refractivity contribution is -0.147. The number of carbonyl (C=O) groups excluding carboxylic acids is 2. The van der Waals surface area contributed by atoms with Gasteiger partial charge in [-0.15, -0.1) is 0 Å². The summed E-state index contributed by atoms with van der Waals surface area (Å²) < 4.78 is 9.32. The molecule has 1 rings (SSSR count). The standard InChI is InChI=1S/C11H21N3O4/c1-17-10(15)8-5-9(13-11(16)18-2)7-14(6-8)4-3-12/h8-9H,3-7,12H2,1-2H3,(H,13,16). The minimum absolute atomic E-state index is 0.123. The van der Waals surface area contributed by atoms with Gasteiger partial charge >= 0.3 is 12.1 Å². The number of ether oxygens (including phenoxy) is 2. The molecule has 7 heteroatoms. The van der Waals surface area contributed by atoms with Crippen molar-refractivity contribution in [2.24, 2.45) is 11.7 Å². The van der Waals surface area contributed by atoms with E-state index >= 15 is 0 Å². The van der Waals surface area contributed by atoms with Crippen LogP contribution in [0.25, 0.3) is 0 Å². The minimum atomic E-state index is -0.488. The Hall–Kier alpha value is -1.34. The van der Waals surface area contributed by atoms with Crippen LogP contribution in [0.3, 0.4) is 0 Å². The first kappa shape index (κ1) is 14.7. The van der Waals surface area contributed by atoms with E-state index in [0.717, 1.165) is 0 Å². The van der Waals surface area contributed by atoms with Crippen LogP contribution in [-0.2, 0) is 14.3 Å². The number of likely N-dealkylation sites (tertiary alicyclic amines) is 1. The molecule has 0 radical (unpaired) electrons. The Bertz CT molecular complexity index is 298. The maximum Gasteiger partial charge on any atom is 0.407 e. The van der Waals surface area contributed by atoms with Crippen LogP contribution in [0.1, 0.15) is 6.42 Å². The Morgan fingerprint density at radius 2 is 2.06 bits per heavy atom. The summed E-state index contributed by atoms with van der Waals surface area (Å²) in [4.78, 5) is 24.8. The van der Waals surface area contributed by atoms with Crippen LogP contribution in [0.5, 0.6) is 0 Å². The van der Waals surface area contributed by atoms with Gasteiger partial charge in [0.05, 0.1) is 20.1 Å². The quantitative estimate of drug-likeness (QED) is 0.640. The molecule has 18 heavy (non-hydrogen) atoms. The second kappa shape index (κ2) is 7.17. The van der Waals surface area contributed by atoms with Crippen LogP contribution in [0, 0.1) is 5.92 Å². The van der Waals surface area contributed by atoms with Crippen molar-refractivity contribution in [2.45, 2.75) is 12.5 Å². The summed E-state index contributed by atoms with van der Waals surface area (Å²) in [5.74, 6) is -0.495. The molecule has 0 aromatic heterocycles. The highest BCUT2D eigenvalue weighted by atomic mass is 16.5. The first-order valence-corrected chi connectivity index (χ1v) is 5.95. The number of nitrogens with two attached hydrogens (primary N) is 1. The zero-order chi connectivity index (χ0) is 13.5. The number of hydrogen-bond donors (Lipinski definition) is 2. The summed E-state index contributed by atoms with van der Waals surface area (Å²) in [5.41, 5.74) is 5.52. The highest BCUT2D eigenvalue weighted by Gasteiger charge is 2.32. The van der Waals surface area contributed by atoms with Crippen molar-refractivity contribution < 1.29 is 19.1 Å². The minimum Gasteiger partial charge on any atom is -0.469 e. The molecule has 2 unspecified atom stereocenters. The van der Waals surface area contributed by atoms with Crippen LogP contribution in [0.4, 0.5) is 4.79 Å².